The number of likely N-dealkylation sites (tertiary alicyclic amines) is 1. The Hall–Kier alpha value is -2.56. The van der Waals surface area contributed by atoms with Crippen molar-refractivity contribution in [3.05, 3.63) is 54.1 Å². The Balaban J connectivity index is 1.68. The number of benzene rings is 1. The summed E-state index contributed by atoms with van der Waals surface area (Å²) in [5.74, 6) is 0.927. The highest BCUT2D eigenvalue weighted by molar-refractivity contribution is 5.93. The van der Waals surface area contributed by atoms with Gasteiger partial charge >= 0.3 is 0 Å². The molecular formula is C16H16N4O. The zero-order chi connectivity index (χ0) is 14.2. The van der Waals surface area contributed by atoms with Crippen LogP contribution in [0.3, 0.4) is 0 Å². The van der Waals surface area contributed by atoms with E-state index in [9.17, 15) is 4.79 Å². The SMILES string of the molecule is O=C(c1ccc[nH]1)N1CCC[C@@H]1c1nc2ccccc2[nH]1. The van der Waals surface area contributed by atoms with Crippen molar-refractivity contribution >= 4 is 16.9 Å². The Morgan fingerprint density at radius 3 is 2.95 bits per heavy atom. The zero-order valence-corrected chi connectivity index (χ0v) is 11.5. The van der Waals surface area contributed by atoms with Gasteiger partial charge in [0.2, 0.25) is 0 Å². The molecule has 21 heavy (non-hydrogen) atoms. The summed E-state index contributed by atoms with van der Waals surface area (Å²) in [5, 5.41) is 0. The third-order valence-corrected chi connectivity index (χ3v) is 4.07. The molecule has 5 nitrogen and oxygen atoms in total. The van der Waals surface area contributed by atoms with Gasteiger partial charge in [-0.2, -0.15) is 0 Å². The van der Waals surface area contributed by atoms with E-state index in [4.69, 9.17) is 0 Å². The molecule has 0 unspecified atom stereocenters. The Morgan fingerprint density at radius 2 is 2.14 bits per heavy atom. The molecule has 5 heteroatoms. The zero-order valence-electron chi connectivity index (χ0n) is 11.5. The van der Waals surface area contributed by atoms with Crippen LogP contribution in [0.4, 0.5) is 0 Å². The van der Waals surface area contributed by atoms with Crippen molar-refractivity contribution in [3.63, 3.8) is 0 Å². The van der Waals surface area contributed by atoms with Crippen LogP contribution in [-0.2, 0) is 0 Å². The van der Waals surface area contributed by atoms with E-state index in [1.54, 1.807) is 6.20 Å². The lowest BCUT2D eigenvalue weighted by Gasteiger charge is -2.22. The van der Waals surface area contributed by atoms with Gasteiger partial charge in [0.25, 0.3) is 5.91 Å². The van der Waals surface area contributed by atoms with Crippen LogP contribution in [0.5, 0.6) is 0 Å². The minimum Gasteiger partial charge on any atom is -0.357 e. The van der Waals surface area contributed by atoms with Crippen molar-refractivity contribution in [1.29, 1.82) is 0 Å². The first-order valence-corrected chi connectivity index (χ1v) is 7.22. The van der Waals surface area contributed by atoms with Crippen molar-refractivity contribution in [2.75, 3.05) is 6.54 Å². The van der Waals surface area contributed by atoms with E-state index in [-0.39, 0.29) is 11.9 Å². The number of aromatic amines is 2. The monoisotopic (exact) mass is 280 g/mol. The second-order valence-corrected chi connectivity index (χ2v) is 5.38. The number of para-hydroxylation sites is 2. The molecule has 0 aliphatic carbocycles. The van der Waals surface area contributed by atoms with Gasteiger partial charge < -0.3 is 14.9 Å². The molecule has 0 radical (unpaired) electrons. The van der Waals surface area contributed by atoms with Gasteiger partial charge in [0.1, 0.15) is 11.5 Å². The topological polar surface area (TPSA) is 64.8 Å². The molecule has 1 saturated heterocycles. The first kappa shape index (κ1) is 12.2. The number of nitrogens with one attached hydrogen (secondary N) is 2. The van der Waals surface area contributed by atoms with Gasteiger partial charge in [-0.05, 0) is 37.1 Å². The first-order valence-electron chi connectivity index (χ1n) is 7.22. The van der Waals surface area contributed by atoms with Gasteiger partial charge in [-0.1, -0.05) is 12.1 Å². The standard InChI is InChI=1S/C16H16N4O/c21-16(13-7-3-9-17-13)20-10-4-8-14(20)15-18-11-5-1-2-6-12(11)19-15/h1-3,5-7,9,14,17H,4,8,10H2,(H,18,19)/t14-/m1/s1. The molecule has 1 aromatic carbocycles. The summed E-state index contributed by atoms with van der Waals surface area (Å²) in [6.45, 7) is 0.777. The molecule has 2 aromatic heterocycles. The van der Waals surface area contributed by atoms with Crippen LogP contribution in [0.15, 0.2) is 42.6 Å². The Kier molecular flexibility index (Phi) is 2.77. The summed E-state index contributed by atoms with van der Waals surface area (Å²) in [7, 11) is 0. The summed E-state index contributed by atoms with van der Waals surface area (Å²) in [6, 6.07) is 11.7. The average molecular weight is 280 g/mol. The molecule has 0 saturated carbocycles. The third kappa shape index (κ3) is 2.01. The van der Waals surface area contributed by atoms with Gasteiger partial charge in [-0.15, -0.1) is 0 Å². The van der Waals surface area contributed by atoms with Gasteiger partial charge in [-0.3, -0.25) is 4.79 Å². The van der Waals surface area contributed by atoms with Crippen LogP contribution < -0.4 is 0 Å². The highest BCUT2D eigenvalue weighted by Gasteiger charge is 2.32. The van der Waals surface area contributed by atoms with Crippen molar-refractivity contribution < 1.29 is 4.79 Å². The van der Waals surface area contributed by atoms with Gasteiger partial charge in [0.15, 0.2) is 0 Å². The summed E-state index contributed by atoms with van der Waals surface area (Å²) in [5.41, 5.74) is 2.61. The molecule has 1 aliphatic heterocycles. The number of fused-ring (bicyclic) bond motifs is 1. The summed E-state index contributed by atoms with van der Waals surface area (Å²) in [4.78, 5) is 25.5. The fourth-order valence-corrected chi connectivity index (χ4v) is 3.04. The Bertz CT molecular complexity index is 742. The fourth-order valence-electron chi connectivity index (χ4n) is 3.04. The summed E-state index contributed by atoms with van der Waals surface area (Å²) >= 11 is 0. The van der Waals surface area contributed by atoms with E-state index >= 15 is 0 Å². The maximum absolute atomic E-state index is 12.6. The third-order valence-electron chi connectivity index (χ3n) is 4.07. The summed E-state index contributed by atoms with van der Waals surface area (Å²) in [6.07, 6.45) is 3.74. The Labute approximate surface area is 122 Å². The number of nitrogens with zero attached hydrogens (tertiary/aromatic N) is 2. The molecule has 2 N–H and O–H groups in total. The van der Waals surface area contributed by atoms with E-state index < -0.39 is 0 Å². The van der Waals surface area contributed by atoms with E-state index in [1.165, 1.54) is 0 Å². The minimum absolute atomic E-state index is 0.0354. The van der Waals surface area contributed by atoms with Crippen molar-refractivity contribution in [2.45, 2.75) is 18.9 Å². The number of carbonyl (C=O) groups excluding carboxylic acids is 1. The van der Waals surface area contributed by atoms with E-state index in [2.05, 4.69) is 15.0 Å². The minimum atomic E-state index is 0.0354. The van der Waals surface area contributed by atoms with Crippen LogP contribution in [0, 0.1) is 0 Å². The van der Waals surface area contributed by atoms with Crippen molar-refractivity contribution in [1.82, 2.24) is 19.9 Å². The lowest BCUT2D eigenvalue weighted by molar-refractivity contribution is 0.0725. The molecule has 1 amide bonds. The van der Waals surface area contributed by atoms with Gasteiger partial charge in [-0.25, -0.2) is 4.98 Å². The molecule has 3 heterocycles. The molecule has 4 rings (SSSR count). The lowest BCUT2D eigenvalue weighted by atomic mass is 10.2. The highest BCUT2D eigenvalue weighted by Crippen LogP contribution is 2.32. The van der Waals surface area contributed by atoms with Crippen LogP contribution in [0.1, 0.15) is 35.2 Å². The van der Waals surface area contributed by atoms with E-state index in [0.717, 1.165) is 36.2 Å². The molecule has 1 aliphatic rings. The smallest absolute Gasteiger partial charge is 0.270 e. The molecular weight excluding hydrogens is 264 g/mol. The number of imidazole rings is 1. The first-order chi connectivity index (χ1) is 10.3. The van der Waals surface area contributed by atoms with E-state index in [0.29, 0.717) is 5.69 Å². The molecule has 0 spiro atoms. The predicted molar refractivity (Wildman–Crippen MR) is 79.9 cm³/mol. The molecule has 1 atom stereocenters. The van der Waals surface area contributed by atoms with Crippen LogP contribution >= 0.6 is 0 Å². The van der Waals surface area contributed by atoms with Crippen LogP contribution in [-0.4, -0.2) is 32.3 Å². The lowest BCUT2D eigenvalue weighted by Crippen LogP contribution is -2.31. The van der Waals surface area contributed by atoms with E-state index in [1.807, 2.05) is 41.3 Å². The van der Waals surface area contributed by atoms with Gasteiger partial charge in [0.05, 0.1) is 17.1 Å². The normalized spacial score (nSPS) is 18.5. The maximum Gasteiger partial charge on any atom is 0.270 e. The quantitative estimate of drug-likeness (QED) is 0.758. The largest absolute Gasteiger partial charge is 0.357 e. The maximum atomic E-state index is 12.6. The van der Waals surface area contributed by atoms with Gasteiger partial charge in [0, 0.05) is 12.7 Å². The van der Waals surface area contributed by atoms with Crippen molar-refractivity contribution in [2.24, 2.45) is 0 Å². The van der Waals surface area contributed by atoms with Crippen molar-refractivity contribution in [3.8, 4) is 0 Å². The van der Waals surface area contributed by atoms with Crippen LogP contribution in [0.25, 0.3) is 11.0 Å². The second-order valence-electron chi connectivity index (χ2n) is 5.38. The number of amides is 1. The number of carbonyl (C=O) groups is 1. The average Bonchev–Trinajstić information content (AvgIpc) is 3.24. The molecule has 1 fully saturated rings. The summed E-state index contributed by atoms with van der Waals surface area (Å²) < 4.78 is 0. The second kappa shape index (κ2) is 4.77. The number of hydrogen-bond donors (Lipinski definition) is 2. The predicted octanol–water partition coefficient (Wildman–Crippen LogP) is 2.87. The number of H-pyrrole nitrogens is 2. The number of rotatable bonds is 2. The number of aromatic nitrogens is 3. The molecule has 106 valence electrons. The molecule has 0 bridgehead atoms. The highest BCUT2D eigenvalue weighted by atomic mass is 16.2. The number of hydrogen-bond acceptors (Lipinski definition) is 2. The molecule has 3 aromatic rings. The Morgan fingerprint density at radius 1 is 1.24 bits per heavy atom. The van der Waals surface area contributed by atoms with Crippen LogP contribution in [0.2, 0.25) is 0 Å². The fraction of sp³-hybridized carbons (Fsp3) is 0.250.